The zero-order valence-electron chi connectivity index (χ0n) is 11.4. The Balaban J connectivity index is 1.97. The predicted molar refractivity (Wildman–Crippen MR) is 84.6 cm³/mol. The van der Waals surface area contributed by atoms with Crippen molar-refractivity contribution in [3.8, 4) is 0 Å². The highest BCUT2D eigenvalue weighted by molar-refractivity contribution is 5.92. The summed E-state index contributed by atoms with van der Waals surface area (Å²) in [6.07, 6.45) is -0.950. The monoisotopic (exact) mass is 277 g/mol. The molecule has 0 saturated carbocycles. The second kappa shape index (κ2) is 5.67. The van der Waals surface area contributed by atoms with Gasteiger partial charge in [0.25, 0.3) is 0 Å². The van der Waals surface area contributed by atoms with E-state index in [2.05, 4.69) is 0 Å². The Labute approximate surface area is 123 Å². The van der Waals surface area contributed by atoms with Crippen LogP contribution >= 0.6 is 0 Å². The molecule has 0 atom stereocenters. The zero-order valence-corrected chi connectivity index (χ0v) is 11.4. The third-order valence-electron chi connectivity index (χ3n) is 3.46. The minimum Gasteiger partial charge on any atom is -0.465 e. The Kier molecular flexibility index (Phi) is 3.56. The van der Waals surface area contributed by atoms with Gasteiger partial charge in [0.15, 0.2) is 0 Å². The Morgan fingerprint density at radius 3 is 2.24 bits per heavy atom. The molecule has 21 heavy (non-hydrogen) atoms. The number of carboxylic acid groups (broad SMARTS) is 1. The van der Waals surface area contributed by atoms with Crippen molar-refractivity contribution in [3.05, 3.63) is 78.4 Å². The summed E-state index contributed by atoms with van der Waals surface area (Å²) in [6.45, 7) is 0.342. The minimum absolute atomic E-state index is 0.342. The summed E-state index contributed by atoms with van der Waals surface area (Å²) in [6, 6.07) is 23.2. The second-order valence-corrected chi connectivity index (χ2v) is 4.89. The average Bonchev–Trinajstić information content (AvgIpc) is 2.53. The molecule has 0 aliphatic heterocycles. The van der Waals surface area contributed by atoms with Gasteiger partial charge < -0.3 is 5.11 Å². The number of hydrogen-bond acceptors (Lipinski definition) is 1. The van der Waals surface area contributed by atoms with Crippen LogP contribution in [0.1, 0.15) is 5.56 Å². The molecule has 0 saturated heterocycles. The van der Waals surface area contributed by atoms with E-state index < -0.39 is 6.09 Å². The Hall–Kier alpha value is -2.81. The fraction of sp³-hybridized carbons (Fsp3) is 0.0556. The third kappa shape index (κ3) is 2.87. The first-order valence-electron chi connectivity index (χ1n) is 6.77. The van der Waals surface area contributed by atoms with Crippen molar-refractivity contribution >= 4 is 22.6 Å². The summed E-state index contributed by atoms with van der Waals surface area (Å²) >= 11 is 0. The molecule has 0 spiro atoms. The van der Waals surface area contributed by atoms with Gasteiger partial charge in [-0.3, -0.25) is 4.90 Å². The van der Waals surface area contributed by atoms with Crippen molar-refractivity contribution in [1.29, 1.82) is 0 Å². The van der Waals surface area contributed by atoms with Crippen molar-refractivity contribution < 1.29 is 9.90 Å². The lowest BCUT2D eigenvalue weighted by molar-refractivity contribution is 0.201. The Morgan fingerprint density at radius 2 is 1.52 bits per heavy atom. The maximum absolute atomic E-state index is 11.6. The summed E-state index contributed by atoms with van der Waals surface area (Å²) < 4.78 is 0. The van der Waals surface area contributed by atoms with E-state index >= 15 is 0 Å². The fourth-order valence-electron chi connectivity index (χ4n) is 2.38. The Morgan fingerprint density at radius 1 is 0.857 bits per heavy atom. The summed E-state index contributed by atoms with van der Waals surface area (Å²) in [5.41, 5.74) is 1.65. The molecule has 3 aromatic carbocycles. The normalized spacial score (nSPS) is 10.5. The van der Waals surface area contributed by atoms with Gasteiger partial charge in [0.2, 0.25) is 0 Å². The highest BCUT2D eigenvalue weighted by atomic mass is 16.4. The molecule has 3 nitrogen and oxygen atoms in total. The first-order valence-corrected chi connectivity index (χ1v) is 6.77. The molecule has 3 heteroatoms. The van der Waals surface area contributed by atoms with E-state index in [4.69, 9.17) is 0 Å². The average molecular weight is 277 g/mol. The van der Waals surface area contributed by atoms with E-state index in [0.717, 1.165) is 16.3 Å². The molecule has 0 aliphatic carbocycles. The van der Waals surface area contributed by atoms with Crippen LogP contribution in [0.15, 0.2) is 72.8 Å². The van der Waals surface area contributed by atoms with Crippen molar-refractivity contribution in [2.24, 2.45) is 0 Å². The first-order chi connectivity index (χ1) is 10.2. The van der Waals surface area contributed by atoms with Crippen LogP contribution in [0, 0.1) is 0 Å². The second-order valence-electron chi connectivity index (χ2n) is 4.89. The van der Waals surface area contributed by atoms with Crippen molar-refractivity contribution in [1.82, 2.24) is 0 Å². The molecule has 0 aromatic heterocycles. The number of amides is 1. The summed E-state index contributed by atoms with van der Waals surface area (Å²) in [4.78, 5) is 12.9. The van der Waals surface area contributed by atoms with E-state index in [9.17, 15) is 9.90 Å². The van der Waals surface area contributed by atoms with E-state index in [-0.39, 0.29) is 0 Å². The number of fused-ring (bicyclic) bond motifs is 1. The maximum Gasteiger partial charge on any atom is 0.412 e. The molecular weight excluding hydrogens is 262 g/mol. The number of anilines is 1. The molecular formula is C18H15NO2. The van der Waals surface area contributed by atoms with Crippen molar-refractivity contribution in [3.63, 3.8) is 0 Å². The summed E-state index contributed by atoms with van der Waals surface area (Å²) in [5, 5.41) is 11.6. The summed E-state index contributed by atoms with van der Waals surface area (Å²) in [7, 11) is 0. The molecule has 104 valence electrons. The van der Waals surface area contributed by atoms with Gasteiger partial charge in [-0.15, -0.1) is 0 Å². The Bertz CT molecular complexity index is 768. The van der Waals surface area contributed by atoms with Gasteiger partial charge in [-0.1, -0.05) is 60.7 Å². The van der Waals surface area contributed by atoms with Gasteiger partial charge in [-0.2, -0.15) is 0 Å². The van der Waals surface area contributed by atoms with Crippen LogP contribution in [0.3, 0.4) is 0 Å². The lowest BCUT2D eigenvalue weighted by Gasteiger charge is -2.20. The van der Waals surface area contributed by atoms with E-state index in [1.54, 1.807) is 0 Å². The lowest BCUT2D eigenvalue weighted by Crippen LogP contribution is -2.28. The molecule has 0 bridgehead atoms. The highest BCUT2D eigenvalue weighted by Crippen LogP contribution is 2.23. The quantitative estimate of drug-likeness (QED) is 0.764. The first kappa shape index (κ1) is 13.2. The van der Waals surface area contributed by atoms with Gasteiger partial charge in [0.05, 0.1) is 6.54 Å². The van der Waals surface area contributed by atoms with Crippen LogP contribution in [0.5, 0.6) is 0 Å². The molecule has 0 aliphatic rings. The third-order valence-corrected chi connectivity index (χ3v) is 3.46. The van der Waals surface area contributed by atoms with Gasteiger partial charge in [-0.05, 0) is 28.5 Å². The van der Waals surface area contributed by atoms with Crippen molar-refractivity contribution in [2.75, 3.05) is 4.90 Å². The minimum atomic E-state index is -0.950. The molecule has 1 amide bonds. The number of carbonyl (C=O) groups is 1. The van der Waals surface area contributed by atoms with E-state index in [1.165, 1.54) is 4.90 Å². The molecule has 3 aromatic rings. The number of benzene rings is 3. The van der Waals surface area contributed by atoms with Crippen molar-refractivity contribution in [2.45, 2.75) is 6.54 Å². The SMILES string of the molecule is O=C(O)N(Cc1ccccc1)c1ccc2ccccc2c1. The molecule has 0 fully saturated rings. The van der Waals surface area contributed by atoms with Crippen LogP contribution in [0.2, 0.25) is 0 Å². The fourth-order valence-corrected chi connectivity index (χ4v) is 2.38. The smallest absolute Gasteiger partial charge is 0.412 e. The van der Waals surface area contributed by atoms with E-state index in [1.807, 2.05) is 72.8 Å². The van der Waals surface area contributed by atoms with Crippen LogP contribution in [-0.2, 0) is 6.54 Å². The zero-order chi connectivity index (χ0) is 14.7. The molecule has 0 unspecified atom stereocenters. The molecule has 3 rings (SSSR count). The number of nitrogens with zero attached hydrogens (tertiary/aromatic N) is 1. The van der Waals surface area contributed by atoms with Gasteiger partial charge in [0.1, 0.15) is 0 Å². The maximum atomic E-state index is 11.6. The lowest BCUT2D eigenvalue weighted by atomic mass is 10.1. The summed E-state index contributed by atoms with van der Waals surface area (Å²) in [5.74, 6) is 0. The topological polar surface area (TPSA) is 40.5 Å². The van der Waals surface area contributed by atoms with Gasteiger partial charge in [0, 0.05) is 5.69 Å². The number of rotatable bonds is 3. The van der Waals surface area contributed by atoms with E-state index in [0.29, 0.717) is 12.2 Å². The van der Waals surface area contributed by atoms with Crippen LogP contribution in [0.4, 0.5) is 10.5 Å². The molecule has 0 heterocycles. The number of hydrogen-bond donors (Lipinski definition) is 1. The highest BCUT2D eigenvalue weighted by Gasteiger charge is 2.15. The van der Waals surface area contributed by atoms with Crippen LogP contribution < -0.4 is 4.90 Å². The standard InChI is InChI=1S/C18H15NO2/c20-18(21)19(13-14-6-2-1-3-7-14)17-11-10-15-8-4-5-9-16(15)12-17/h1-12H,13H2,(H,20,21). The largest absolute Gasteiger partial charge is 0.465 e. The van der Waals surface area contributed by atoms with Gasteiger partial charge in [-0.25, -0.2) is 4.79 Å². The predicted octanol–water partition coefficient (Wildman–Crippen LogP) is 4.52. The van der Waals surface area contributed by atoms with Gasteiger partial charge >= 0.3 is 6.09 Å². The molecule has 1 N–H and O–H groups in total. The van der Waals surface area contributed by atoms with Crippen LogP contribution in [-0.4, -0.2) is 11.2 Å². The van der Waals surface area contributed by atoms with Crippen LogP contribution in [0.25, 0.3) is 10.8 Å². The molecule has 0 radical (unpaired) electrons.